The molecule has 0 spiro atoms. The maximum atomic E-state index is 10.7. The van der Waals surface area contributed by atoms with Crippen LogP contribution in [-0.2, 0) is 0 Å². The molecule has 0 unspecified atom stereocenters. The molecule has 2 N–H and O–H groups in total. The Bertz CT molecular complexity index is 305. The molecular weight excluding hydrogens is 188 g/mol. The number of nitrogens with one attached hydrogen (secondary N) is 2. The Morgan fingerprint density at radius 2 is 1.53 bits per heavy atom. The zero-order valence-corrected chi connectivity index (χ0v) is 9.60. The fraction of sp³-hybridized carbons (Fsp3) is 0.583. The van der Waals surface area contributed by atoms with E-state index < -0.39 is 0 Å². The molecule has 1 aromatic rings. The Morgan fingerprint density at radius 3 is 1.80 bits per heavy atom. The maximum absolute atomic E-state index is 10.7. The Balaban J connectivity index is 0.000000162. The Hall–Kier alpha value is -1.09. The largest absolute Gasteiger partial charge is 0.362 e. The smallest absolute Gasteiger partial charge is 0.182 e. The topological polar surface area (TPSA) is 44.9 Å². The van der Waals surface area contributed by atoms with E-state index in [1.807, 2.05) is 13.8 Å². The number of piperidine rings is 1. The van der Waals surface area contributed by atoms with E-state index in [-0.39, 0.29) is 5.43 Å². The van der Waals surface area contributed by atoms with Crippen molar-refractivity contribution in [2.75, 3.05) is 13.1 Å². The van der Waals surface area contributed by atoms with E-state index in [9.17, 15) is 4.79 Å². The van der Waals surface area contributed by atoms with Gasteiger partial charge in [0.2, 0.25) is 0 Å². The first-order valence-corrected chi connectivity index (χ1v) is 5.57. The first-order valence-electron chi connectivity index (χ1n) is 5.57. The third-order valence-corrected chi connectivity index (χ3v) is 2.32. The van der Waals surface area contributed by atoms with Crippen molar-refractivity contribution in [2.45, 2.75) is 33.1 Å². The molecule has 15 heavy (non-hydrogen) atoms. The maximum Gasteiger partial charge on any atom is 0.182 e. The molecule has 0 bridgehead atoms. The van der Waals surface area contributed by atoms with Crippen LogP contribution < -0.4 is 10.7 Å². The lowest BCUT2D eigenvalue weighted by atomic mass is 10.2. The summed E-state index contributed by atoms with van der Waals surface area (Å²) in [4.78, 5) is 13.7. The minimum atomic E-state index is 0.0729. The van der Waals surface area contributed by atoms with E-state index in [4.69, 9.17) is 0 Å². The molecular formula is C12H20N2O. The van der Waals surface area contributed by atoms with Gasteiger partial charge in [-0.15, -0.1) is 0 Å². The van der Waals surface area contributed by atoms with Crippen LogP contribution >= 0.6 is 0 Å². The van der Waals surface area contributed by atoms with Gasteiger partial charge in [0, 0.05) is 23.5 Å². The second-order valence-electron chi connectivity index (χ2n) is 3.99. The number of aromatic amines is 1. The van der Waals surface area contributed by atoms with Gasteiger partial charge in [0.05, 0.1) is 0 Å². The van der Waals surface area contributed by atoms with E-state index in [0.717, 1.165) is 11.4 Å². The summed E-state index contributed by atoms with van der Waals surface area (Å²) < 4.78 is 0. The molecule has 2 rings (SSSR count). The molecule has 0 aromatic carbocycles. The molecule has 3 heteroatoms. The third kappa shape index (κ3) is 5.37. The monoisotopic (exact) mass is 208 g/mol. The summed E-state index contributed by atoms with van der Waals surface area (Å²) in [5.41, 5.74) is 1.91. The predicted molar refractivity (Wildman–Crippen MR) is 63.3 cm³/mol. The van der Waals surface area contributed by atoms with Gasteiger partial charge >= 0.3 is 0 Å². The molecule has 1 saturated heterocycles. The Morgan fingerprint density at radius 1 is 1.00 bits per heavy atom. The van der Waals surface area contributed by atoms with Gasteiger partial charge in [0.25, 0.3) is 0 Å². The number of aromatic nitrogens is 1. The molecule has 0 radical (unpaired) electrons. The summed E-state index contributed by atoms with van der Waals surface area (Å²) >= 11 is 0. The van der Waals surface area contributed by atoms with Crippen LogP contribution in [0.4, 0.5) is 0 Å². The zero-order chi connectivity index (χ0) is 11.1. The van der Waals surface area contributed by atoms with Crippen molar-refractivity contribution in [3.05, 3.63) is 33.7 Å². The van der Waals surface area contributed by atoms with Crippen LogP contribution in [0.1, 0.15) is 30.7 Å². The molecule has 1 aliphatic heterocycles. The normalized spacial score (nSPS) is 15.3. The number of pyridine rings is 1. The second kappa shape index (κ2) is 6.40. The van der Waals surface area contributed by atoms with Crippen LogP contribution in [0.2, 0.25) is 0 Å². The fourth-order valence-corrected chi connectivity index (χ4v) is 1.65. The molecule has 1 aliphatic rings. The summed E-state index contributed by atoms with van der Waals surface area (Å²) in [5.74, 6) is 0. The molecule has 3 nitrogen and oxygen atoms in total. The number of H-pyrrole nitrogens is 1. The van der Waals surface area contributed by atoms with Crippen molar-refractivity contribution >= 4 is 0 Å². The lowest BCUT2D eigenvalue weighted by Gasteiger charge is -2.08. The van der Waals surface area contributed by atoms with Gasteiger partial charge in [0.15, 0.2) is 5.43 Å². The van der Waals surface area contributed by atoms with E-state index in [1.165, 1.54) is 32.4 Å². The molecule has 0 atom stereocenters. The van der Waals surface area contributed by atoms with Crippen molar-refractivity contribution in [3.8, 4) is 0 Å². The van der Waals surface area contributed by atoms with E-state index >= 15 is 0 Å². The quantitative estimate of drug-likeness (QED) is 0.682. The molecule has 1 aromatic heterocycles. The highest BCUT2D eigenvalue weighted by molar-refractivity contribution is 5.08. The highest BCUT2D eigenvalue weighted by Gasteiger charge is 1.93. The van der Waals surface area contributed by atoms with E-state index in [1.54, 1.807) is 12.1 Å². The van der Waals surface area contributed by atoms with Crippen LogP contribution in [0.15, 0.2) is 16.9 Å². The third-order valence-electron chi connectivity index (χ3n) is 2.32. The lowest BCUT2D eigenvalue weighted by molar-refractivity contribution is 0.520. The molecule has 1 fully saturated rings. The minimum absolute atomic E-state index is 0.0729. The van der Waals surface area contributed by atoms with Gasteiger partial charge in [-0.2, -0.15) is 0 Å². The van der Waals surface area contributed by atoms with Crippen LogP contribution in [0, 0.1) is 13.8 Å². The van der Waals surface area contributed by atoms with Crippen LogP contribution in [0.25, 0.3) is 0 Å². The van der Waals surface area contributed by atoms with Gasteiger partial charge in [-0.3, -0.25) is 4.79 Å². The second-order valence-corrected chi connectivity index (χ2v) is 3.99. The predicted octanol–water partition coefficient (Wildman–Crippen LogP) is 1.75. The van der Waals surface area contributed by atoms with Gasteiger partial charge in [-0.1, -0.05) is 6.42 Å². The van der Waals surface area contributed by atoms with Gasteiger partial charge in [0.1, 0.15) is 0 Å². The highest BCUT2D eigenvalue weighted by atomic mass is 16.1. The summed E-state index contributed by atoms with van der Waals surface area (Å²) in [5, 5.41) is 3.28. The molecule has 2 heterocycles. The standard InChI is InChI=1S/C7H9NO.C5H11N/c1-5-3-7(9)4-6(2)8-5;1-2-4-6-5-3-1/h3-4H,1-2H3,(H,8,9);6H,1-5H2. The SMILES string of the molecule is C1CCNCC1.Cc1cc(=O)cc(C)[nH]1. The van der Waals surface area contributed by atoms with Crippen molar-refractivity contribution in [1.29, 1.82) is 0 Å². The average Bonchev–Trinajstić information content (AvgIpc) is 2.19. The van der Waals surface area contributed by atoms with Gasteiger partial charge in [-0.25, -0.2) is 0 Å². The van der Waals surface area contributed by atoms with Crippen molar-refractivity contribution < 1.29 is 0 Å². The first kappa shape index (κ1) is 12.0. The van der Waals surface area contributed by atoms with Crippen molar-refractivity contribution in [2.24, 2.45) is 0 Å². The summed E-state index contributed by atoms with van der Waals surface area (Å²) in [7, 11) is 0. The first-order chi connectivity index (χ1) is 7.18. The van der Waals surface area contributed by atoms with Crippen molar-refractivity contribution in [1.82, 2.24) is 10.3 Å². The summed E-state index contributed by atoms with van der Waals surface area (Å²) in [6.07, 6.45) is 4.22. The Kier molecular flexibility index (Phi) is 5.12. The average molecular weight is 208 g/mol. The van der Waals surface area contributed by atoms with Gasteiger partial charge in [-0.05, 0) is 39.8 Å². The molecule has 0 aliphatic carbocycles. The molecule has 0 amide bonds. The molecule has 84 valence electrons. The minimum Gasteiger partial charge on any atom is -0.362 e. The molecule has 0 saturated carbocycles. The van der Waals surface area contributed by atoms with E-state index in [0.29, 0.717) is 0 Å². The Labute approximate surface area is 90.9 Å². The van der Waals surface area contributed by atoms with Crippen molar-refractivity contribution in [3.63, 3.8) is 0 Å². The lowest BCUT2D eigenvalue weighted by Crippen LogP contribution is -2.21. The number of rotatable bonds is 0. The summed E-state index contributed by atoms with van der Waals surface area (Å²) in [6.45, 7) is 6.24. The fourth-order valence-electron chi connectivity index (χ4n) is 1.65. The van der Waals surface area contributed by atoms with Crippen LogP contribution in [0.3, 0.4) is 0 Å². The number of hydrogen-bond acceptors (Lipinski definition) is 2. The number of aryl methyl sites for hydroxylation is 2. The highest BCUT2D eigenvalue weighted by Crippen LogP contribution is 1.96. The zero-order valence-electron chi connectivity index (χ0n) is 9.60. The summed E-state index contributed by atoms with van der Waals surface area (Å²) in [6, 6.07) is 3.15. The number of hydrogen-bond donors (Lipinski definition) is 2. The van der Waals surface area contributed by atoms with E-state index in [2.05, 4.69) is 10.3 Å². The van der Waals surface area contributed by atoms with Crippen LogP contribution in [0.5, 0.6) is 0 Å². The van der Waals surface area contributed by atoms with Gasteiger partial charge < -0.3 is 10.3 Å². The van der Waals surface area contributed by atoms with Crippen LogP contribution in [-0.4, -0.2) is 18.1 Å².